The Bertz CT molecular complexity index is 519. The van der Waals surface area contributed by atoms with Crippen LogP contribution in [0.3, 0.4) is 0 Å². The van der Waals surface area contributed by atoms with Crippen molar-refractivity contribution in [3.05, 3.63) is 29.8 Å². The van der Waals surface area contributed by atoms with Crippen molar-refractivity contribution in [3.8, 4) is 5.75 Å². The van der Waals surface area contributed by atoms with Gasteiger partial charge in [-0.25, -0.2) is 0 Å². The highest BCUT2D eigenvalue weighted by atomic mass is 16.5. The molecule has 0 aromatic heterocycles. The van der Waals surface area contributed by atoms with E-state index in [0.717, 1.165) is 12.0 Å². The Hall–Kier alpha value is -2.12. The van der Waals surface area contributed by atoms with Gasteiger partial charge in [-0.2, -0.15) is 0 Å². The lowest BCUT2D eigenvalue weighted by Crippen LogP contribution is -2.38. The Morgan fingerprint density at radius 2 is 1.96 bits per heavy atom. The maximum absolute atomic E-state index is 10.8. The number of ether oxygens (including phenoxy) is 1. The van der Waals surface area contributed by atoms with Gasteiger partial charge in [0.1, 0.15) is 18.5 Å². The highest BCUT2D eigenvalue weighted by molar-refractivity contribution is 5.74. The summed E-state index contributed by atoms with van der Waals surface area (Å²) in [5, 5.41) is 15.6. The number of rotatable bonds is 11. The zero-order valence-corrected chi connectivity index (χ0v) is 14.2. The summed E-state index contributed by atoms with van der Waals surface area (Å²) >= 11 is 0. The number of hydrogen-bond donors (Lipinski definition) is 4. The highest BCUT2D eigenvalue weighted by Crippen LogP contribution is 2.12. The van der Waals surface area contributed by atoms with Gasteiger partial charge in [0.15, 0.2) is 0 Å². The third-order valence-electron chi connectivity index (χ3n) is 3.36. The van der Waals surface area contributed by atoms with E-state index >= 15 is 0 Å². The molecule has 2 amide bonds. The number of aliphatic hydroxyl groups is 1. The molecular formula is C17H27N3O4. The van der Waals surface area contributed by atoms with Crippen LogP contribution in [0.15, 0.2) is 24.3 Å². The zero-order valence-electron chi connectivity index (χ0n) is 14.2. The van der Waals surface area contributed by atoms with E-state index in [1.165, 1.54) is 6.92 Å². The van der Waals surface area contributed by atoms with Gasteiger partial charge < -0.3 is 26.2 Å². The van der Waals surface area contributed by atoms with E-state index in [-0.39, 0.29) is 30.9 Å². The lowest BCUT2D eigenvalue weighted by molar-refractivity contribution is -0.119. The van der Waals surface area contributed by atoms with Crippen molar-refractivity contribution in [2.24, 2.45) is 5.73 Å². The van der Waals surface area contributed by atoms with Crippen molar-refractivity contribution < 1.29 is 19.4 Å². The average molecular weight is 337 g/mol. The van der Waals surface area contributed by atoms with Crippen LogP contribution in [0.4, 0.5) is 0 Å². The summed E-state index contributed by atoms with van der Waals surface area (Å²) in [4.78, 5) is 21.6. The van der Waals surface area contributed by atoms with Crippen molar-refractivity contribution >= 4 is 11.8 Å². The normalized spacial score (nSPS) is 13.1. The third-order valence-corrected chi connectivity index (χ3v) is 3.36. The van der Waals surface area contributed by atoms with Gasteiger partial charge in [0.25, 0.3) is 0 Å². The molecule has 0 saturated heterocycles. The SMILES string of the molecule is CC(=O)NCCc1ccc(OCC(O)CNC(C)CC(N)=O)cc1. The number of primary amides is 1. The largest absolute Gasteiger partial charge is 0.491 e. The summed E-state index contributed by atoms with van der Waals surface area (Å²) < 4.78 is 5.53. The van der Waals surface area contributed by atoms with E-state index in [4.69, 9.17) is 10.5 Å². The predicted octanol–water partition coefficient (Wildman–Crippen LogP) is -0.0416. The van der Waals surface area contributed by atoms with Crippen LogP contribution in [0, 0.1) is 0 Å². The fraction of sp³-hybridized carbons (Fsp3) is 0.529. The Balaban J connectivity index is 2.26. The number of nitrogens with two attached hydrogens (primary N) is 1. The molecule has 0 fully saturated rings. The number of nitrogens with one attached hydrogen (secondary N) is 2. The second kappa shape index (κ2) is 10.6. The molecule has 2 atom stereocenters. The summed E-state index contributed by atoms with van der Waals surface area (Å²) in [7, 11) is 0. The molecule has 0 radical (unpaired) electrons. The molecule has 24 heavy (non-hydrogen) atoms. The van der Waals surface area contributed by atoms with E-state index in [1.807, 2.05) is 31.2 Å². The van der Waals surface area contributed by atoms with Crippen LogP contribution < -0.4 is 21.1 Å². The first-order chi connectivity index (χ1) is 11.4. The topological polar surface area (TPSA) is 114 Å². The van der Waals surface area contributed by atoms with E-state index in [2.05, 4.69) is 10.6 Å². The summed E-state index contributed by atoms with van der Waals surface area (Å²) in [6.45, 7) is 4.40. The molecule has 1 aromatic rings. The maximum Gasteiger partial charge on any atom is 0.218 e. The van der Waals surface area contributed by atoms with Crippen molar-refractivity contribution in [3.63, 3.8) is 0 Å². The van der Waals surface area contributed by atoms with Crippen molar-refractivity contribution in [1.82, 2.24) is 10.6 Å². The lowest BCUT2D eigenvalue weighted by atomic mass is 10.1. The monoisotopic (exact) mass is 337 g/mol. The number of aliphatic hydroxyl groups excluding tert-OH is 1. The fourth-order valence-corrected chi connectivity index (χ4v) is 2.10. The molecule has 0 aliphatic carbocycles. The van der Waals surface area contributed by atoms with Gasteiger partial charge in [-0.1, -0.05) is 12.1 Å². The molecule has 0 aliphatic heterocycles. The molecule has 0 saturated carbocycles. The van der Waals surface area contributed by atoms with Gasteiger partial charge >= 0.3 is 0 Å². The van der Waals surface area contributed by atoms with Gasteiger partial charge in [0, 0.05) is 32.5 Å². The molecule has 1 rings (SSSR count). The Labute approximate surface area is 142 Å². The van der Waals surface area contributed by atoms with Crippen LogP contribution in [0.25, 0.3) is 0 Å². The number of carbonyl (C=O) groups excluding carboxylic acids is 2. The van der Waals surface area contributed by atoms with Crippen molar-refractivity contribution in [2.45, 2.75) is 38.8 Å². The van der Waals surface area contributed by atoms with E-state index < -0.39 is 6.10 Å². The molecule has 7 nitrogen and oxygen atoms in total. The molecule has 134 valence electrons. The highest BCUT2D eigenvalue weighted by Gasteiger charge is 2.10. The van der Waals surface area contributed by atoms with Gasteiger partial charge in [0.2, 0.25) is 11.8 Å². The van der Waals surface area contributed by atoms with Gasteiger partial charge in [-0.3, -0.25) is 9.59 Å². The summed E-state index contributed by atoms with van der Waals surface area (Å²) in [5.41, 5.74) is 6.20. The number of hydrogen-bond acceptors (Lipinski definition) is 5. The number of amides is 2. The van der Waals surface area contributed by atoms with Gasteiger partial charge in [-0.05, 0) is 31.0 Å². The Kier molecular flexibility index (Phi) is 8.81. The summed E-state index contributed by atoms with van der Waals surface area (Å²) in [6.07, 6.45) is 0.303. The molecule has 0 spiro atoms. The first-order valence-corrected chi connectivity index (χ1v) is 8.02. The third kappa shape index (κ3) is 9.12. The zero-order chi connectivity index (χ0) is 17.9. The number of carbonyl (C=O) groups is 2. The molecule has 1 aromatic carbocycles. The maximum atomic E-state index is 10.8. The molecule has 2 unspecified atom stereocenters. The van der Waals surface area contributed by atoms with Crippen LogP contribution in [0.5, 0.6) is 5.75 Å². The van der Waals surface area contributed by atoms with E-state index in [1.54, 1.807) is 0 Å². The van der Waals surface area contributed by atoms with Crippen LogP contribution >= 0.6 is 0 Å². The van der Waals surface area contributed by atoms with Crippen molar-refractivity contribution in [1.29, 1.82) is 0 Å². The smallest absolute Gasteiger partial charge is 0.218 e. The molecule has 0 aliphatic rings. The van der Waals surface area contributed by atoms with E-state index in [0.29, 0.717) is 18.8 Å². The van der Waals surface area contributed by atoms with Gasteiger partial charge in [-0.15, -0.1) is 0 Å². The summed E-state index contributed by atoms with van der Waals surface area (Å²) in [6, 6.07) is 7.44. The quantitative estimate of drug-likeness (QED) is 0.452. The molecule has 7 heteroatoms. The molecular weight excluding hydrogens is 310 g/mol. The molecule has 0 heterocycles. The first-order valence-electron chi connectivity index (χ1n) is 8.02. The molecule has 5 N–H and O–H groups in total. The Morgan fingerprint density at radius 3 is 2.54 bits per heavy atom. The second-order valence-electron chi connectivity index (χ2n) is 5.82. The van der Waals surface area contributed by atoms with Crippen LogP contribution in [0.2, 0.25) is 0 Å². The van der Waals surface area contributed by atoms with E-state index in [9.17, 15) is 14.7 Å². The van der Waals surface area contributed by atoms with Crippen LogP contribution in [-0.4, -0.2) is 48.8 Å². The minimum Gasteiger partial charge on any atom is -0.491 e. The number of benzene rings is 1. The Morgan fingerprint density at radius 1 is 1.29 bits per heavy atom. The van der Waals surface area contributed by atoms with Crippen LogP contribution in [-0.2, 0) is 16.0 Å². The van der Waals surface area contributed by atoms with Gasteiger partial charge in [0.05, 0.1) is 0 Å². The lowest BCUT2D eigenvalue weighted by Gasteiger charge is -2.16. The summed E-state index contributed by atoms with van der Waals surface area (Å²) in [5.74, 6) is 0.254. The van der Waals surface area contributed by atoms with Crippen LogP contribution in [0.1, 0.15) is 25.8 Å². The molecule has 0 bridgehead atoms. The predicted molar refractivity (Wildman–Crippen MR) is 91.6 cm³/mol. The minimum absolute atomic E-state index is 0.0392. The first kappa shape index (κ1) is 19.9. The van der Waals surface area contributed by atoms with Crippen molar-refractivity contribution in [2.75, 3.05) is 19.7 Å². The standard InChI is InChI=1S/C17H27N3O4/c1-12(9-17(18)23)20-10-15(22)11-24-16-5-3-14(4-6-16)7-8-19-13(2)21/h3-6,12,15,20,22H,7-11H2,1-2H3,(H2,18,23)(H,19,21). The fourth-order valence-electron chi connectivity index (χ4n) is 2.10. The average Bonchev–Trinajstić information content (AvgIpc) is 2.51. The second-order valence-corrected chi connectivity index (χ2v) is 5.82. The minimum atomic E-state index is -0.681.